The number of nitrogens with one attached hydrogen (secondary N) is 1. The molecule has 21 heavy (non-hydrogen) atoms. The fourth-order valence-electron chi connectivity index (χ4n) is 1.55. The molecule has 0 unspecified atom stereocenters. The molecular weight excluding hydrogens is 300 g/mol. The molecule has 0 saturated carbocycles. The number of carbonyl (C=O) groups is 1. The summed E-state index contributed by atoms with van der Waals surface area (Å²) in [5.74, 6) is -0.691. The van der Waals surface area contributed by atoms with E-state index in [1.807, 2.05) is 0 Å². The molecule has 0 fully saturated rings. The quantitative estimate of drug-likeness (QED) is 0.467. The van der Waals surface area contributed by atoms with Gasteiger partial charge in [-0.2, -0.15) is 0 Å². The van der Waals surface area contributed by atoms with Gasteiger partial charge in [0.05, 0.1) is 17.8 Å². The van der Waals surface area contributed by atoms with Crippen LogP contribution in [0.5, 0.6) is 5.75 Å². The summed E-state index contributed by atoms with van der Waals surface area (Å²) in [5, 5.41) is 26.2. The van der Waals surface area contributed by atoms with Crippen LogP contribution in [-0.2, 0) is 4.79 Å². The highest BCUT2D eigenvalue weighted by molar-refractivity contribution is 7.99. The molecule has 0 bridgehead atoms. The van der Waals surface area contributed by atoms with E-state index in [1.165, 1.54) is 19.2 Å². The first-order chi connectivity index (χ1) is 10.0. The minimum Gasteiger partial charge on any atom is -0.490 e. The summed E-state index contributed by atoms with van der Waals surface area (Å²) in [6.07, 6.45) is 0. The molecule has 0 aliphatic rings. The summed E-state index contributed by atoms with van der Waals surface area (Å²) < 4.78 is 4.91. The number of aromatic amines is 1. The number of nitro benzene ring substituents is 1. The first-order valence-electron chi connectivity index (χ1n) is 5.61. The van der Waals surface area contributed by atoms with Crippen molar-refractivity contribution in [3.05, 3.63) is 28.3 Å². The third-order valence-corrected chi connectivity index (χ3v) is 3.27. The molecule has 2 aromatic rings. The topological polar surface area (TPSA) is 131 Å². The number of aliphatic carboxylic acids is 1. The number of aromatic nitrogens is 3. The van der Waals surface area contributed by atoms with Crippen LogP contribution >= 0.6 is 11.8 Å². The highest BCUT2D eigenvalue weighted by Gasteiger charge is 2.17. The summed E-state index contributed by atoms with van der Waals surface area (Å²) in [6, 6.07) is 4.36. The third kappa shape index (κ3) is 3.48. The van der Waals surface area contributed by atoms with Crippen LogP contribution in [0.2, 0.25) is 0 Å². The summed E-state index contributed by atoms with van der Waals surface area (Å²) in [7, 11) is 1.34. The maximum absolute atomic E-state index is 11.0. The molecule has 1 aromatic carbocycles. The van der Waals surface area contributed by atoms with E-state index in [0.717, 1.165) is 11.8 Å². The van der Waals surface area contributed by atoms with Gasteiger partial charge in [-0.1, -0.05) is 11.8 Å². The number of carboxylic acid groups (broad SMARTS) is 1. The number of hydrogen-bond acceptors (Lipinski definition) is 7. The van der Waals surface area contributed by atoms with Crippen LogP contribution in [0, 0.1) is 10.1 Å². The number of thioether (sulfide) groups is 1. The summed E-state index contributed by atoms with van der Waals surface area (Å²) in [6.45, 7) is 0. The smallest absolute Gasteiger partial charge is 0.313 e. The normalized spacial score (nSPS) is 10.3. The van der Waals surface area contributed by atoms with Gasteiger partial charge in [-0.05, 0) is 12.1 Å². The molecule has 1 aromatic heterocycles. The van der Waals surface area contributed by atoms with E-state index in [-0.39, 0.29) is 22.3 Å². The van der Waals surface area contributed by atoms with Gasteiger partial charge < -0.3 is 9.84 Å². The number of ether oxygens (including phenoxy) is 1. The number of carboxylic acids is 1. The van der Waals surface area contributed by atoms with E-state index >= 15 is 0 Å². The predicted molar refractivity (Wildman–Crippen MR) is 73.4 cm³/mol. The van der Waals surface area contributed by atoms with Crippen LogP contribution in [0.4, 0.5) is 5.69 Å². The van der Waals surface area contributed by atoms with Gasteiger partial charge in [0.2, 0.25) is 5.16 Å². The molecule has 0 aliphatic heterocycles. The second-order valence-electron chi connectivity index (χ2n) is 3.79. The number of benzene rings is 1. The molecule has 0 atom stereocenters. The van der Waals surface area contributed by atoms with E-state index in [4.69, 9.17) is 9.84 Å². The molecule has 0 spiro atoms. The van der Waals surface area contributed by atoms with Gasteiger partial charge in [0.1, 0.15) is 0 Å². The maximum atomic E-state index is 11.0. The number of rotatable bonds is 6. The summed E-state index contributed by atoms with van der Waals surface area (Å²) in [5.41, 5.74) is 0.267. The molecule has 2 rings (SSSR count). The predicted octanol–water partition coefficient (Wildman–Crippen LogP) is 1.57. The molecule has 9 nitrogen and oxygen atoms in total. The molecule has 0 amide bonds. The van der Waals surface area contributed by atoms with E-state index < -0.39 is 10.9 Å². The monoisotopic (exact) mass is 310 g/mol. The summed E-state index contributed by atoms with van der Waals surface area (Å²) >= 11 is 0.951. The lowest BCUT2D eigenvalue weighted by atomic mass is 10.2. The van der Waals surface area contributed by atoms with Gasteiger partial charge >= 0.3 is 11.7 Å². The standard InChI is InChI=1S/C11H10N4O5S/c1-20-8-3-2-6(4-7(8)15(18)19)10-12-11(14-13-10)21-5-9(16)17/h2-4H,5H2,1H3,(H,16,17)(H,12,13,14). The average molecular weight is 310 g/mol. The SMILES string of the molecule is COc1ccc(-c2nc(SCC(=O)O)n[nH]2)cc1[N+](=O)[O-]. The Morgan fingerprint density at radius 2 is 2.33 bits per heavy atom. The Kier molecular flexibility index (Phi) is 4.38. The van der Waals surface area contributed by atoms with Gasteiger partial charge in [-0.25, -0.2) is 4.98 Å². The van der Waals surface area contributed by atoms with Gasteiger partial charge in [-0.3, -0.25) is 20.0 Å². The number of nitro groups is 1. The molecular formula is C11H10N4O5S. The van der Waals surface area contributed by atoms with E-state index in [1.54, 1.807) is 6.07 Å². The van der Waals surface area contributed by atoms with Crippen molar-refractivity contribution in [2.45, 2.75) is 5.16 Å². The lowest BCUT2D eigenvalue weighted by molar-refractivity contribution is -0.385. The Balaban J connectivity index is 2.28. The molecule has 1 heterocycles. The van der Waals surface area contributed by atoms with Gasteiger partial charge in [-0.15, -0.1) is 5.10 Å². The molecule has 110 valence electrons. The van der Waals surface area contributed by atoms with Gasteiger partial charge in [0, 0.05) is 11.6 Å². The Hall–Kier alpha value is -2.62. The van der Waals surface area contributed by atoms with E-state index in [9.17, 15) is 14.9 Å². The first-order valence-corrected chi connectivity index (χ1v) is 6.59. The van der Waals surface area contributed by atoms with Gasteiger partial charge in [0.15, 0.2) is 11.6 Å². The van der Waals surface area contributed by atoms with Crippen molar-refractivity contribution in [3.8, 4) is 17.1 Å². The molecule has 0 aliphatic carbocycles. The molecule has 2 N–H and O–H groups in total. The second kappa shape index (κ2) is 6.22. The van der Waals surface area contributed by atoms with Crippen molar-refractivity contribution in [2.75, 3.05) is 12.9 Å². The lowest BCUT2D eigenvalue weighted by Gasteiger charge is -2.02. The Bertz CT molecular complexity index is 687. The van der Waals surface area contributed by atoms with Crippen LogP contribution in [0.25, 0.3) is 11.4 Å². The Labute approximate surface area is 122 Å². The van der Waals surface area contributed by atoms with Crippen molar-refractivity contribution in [1.29, 1.82) is 0 Å². The Morgan fingerprint density at radius 3 is 2.95 bits per heavy atom. The number of nitrogens with zero attached hydrogens (tertiary/aromatic N) is 3. The van der Waals surface area contributed by atoms with Crippen LogP contribution in [0.1, 0.15) is 0 Å². The highest BCUT2D eigenvalue weighted by atomic mass is 32.2. The van der Waals surface area contributed by atoms with Gasteiger partial charge in [0.25, 0.3) is 0 Å². The van der Waals surface area contributed by atoms with Crippen LogP contribution < -0.4 is 4.74 Å². The number of hydrogen-bond donors (Lipinski definition) is 2. The largest absolute Gasteiger partial charge is 0.490 e. The highest BCUT2D eigenvalue weighted by Crippen LogP contribution is 2.31. The van der Waals surface area contributed by atoms with E-state index in [0.29, 0.717) is 11.4 Å². The minimum atomic E-state index is -0.980. The van der Waals surface area contributed by atoms with Crippen LogP contribution in [-0.4, -0.2) is 44.0 Å². The minimum absolute atomic E-state index is 0.142. The van der Waals surface area contributed by atoms with Crippen LogP contribution in [0.3, 0.4) is 0 Å². The zero-order valence-electron chi connectivity index (χ0n) is 10.8. The van der Waals surface area contributed by atoms with Crippen molar-refractivity contribution in [3.63, 3.8) is 0 Å². The molecule has 0 saturated heterocycles. The lowest BCUT2D eigenvalue weighted by Crippen LogP contribution is -1.97. The Morgan fingerprint density at radius 1 is 1.57 bits per heavy atom. The number of methoxy groups -OCH3 is 1. The fourth-order valence-corrected chi connectivity index (χ4v) is 2.06. The number of H-pyrrole nitrogens is 1. The van der Waals surface area contributed by atoms with Crippen LogP contribution in [0.15, 0.2) is 23.4 Å². The second-order valence-corrected chi connectivity index (χ2v) is 4.74. The van der Waals surface area contributed by atoms with E-state index in [2.05, 4.69) is 15.2 Å². The molecule has 0 radical (unpaired) electrons. The first kappa shape index (κ1) is 14.8. The molecule has 10 heteroatoms. The van der Waals surface area contributed by atoms with Crippen molar-refractivity contribution >= 4 is 23.4 Å². The zero-order valence-corrected chi connectivity index (χ0v) is 11.6. The van der Waals surface area contributed by atoms with Crippen molar-refractivity contribution < 1.29 is 19.6 Å². The summed E-state index contributed by atoms with van der Waals surface area (Å²) in [4.78, 5) is 24.9. The fraction of sp³-hybridized carbons (Fsp3) is 0.182. The maximum Gasteiger partial charge on any atom is 0.313 e. The third-order valence-electron chi connectivity index (χ3n) is 2.44. The average Bonchev–Trinajstić information content (AvgIpc) is 2.93. The van der Waals surface area contributed by atoms with Crippen molar-refractivity contribution in [1.82, 2.24) is 15.2 Å². The zero-order chi connectivity index (χ0) is 15.4. The van der Waals surface area contributed by atoms with Crippen molar-refractivity contribution in [2.24, 2.45) is 0 Å².